The summed E-state index contributed by atoms with van der Waals surface area (Å²) in [5.41, 5.74) is 2.64. The van der Waals surface area contributed by atoms with Crippen molar-refractivity contribution in [3.8, 4) is 0 Å². The minimum absolute atomic E-state index is 0. The number of hydrogen-bond donors (Lipinski definition) is 1. The number of amides is 1. The molecule has 1 aliphatic rings. The summed E-state index contributed by atoms with van der Waals surface area (Å²) in [6.45, 7) is 2.64. The van der Waals surface area contributed by atoms with Crippen molar-refractivity contribution in [3.05, 3.63) is 86.4 Å². The van der Waals surface area contributed by atoms with Crippen LogP contribution in [0.15, 0.2) is 54.6 Å². The molecule has 0 saturated heterocycles. The van der Waals surface area contributed by atoms with E-state index in [1.807, 2.05) is 18.2 Å². The number of halogens is 1. The van der Waals surface area contributed by atoms with Crippen LogP contribution in [-0.4, -0.2) is 27.3 Å². The van der Waals surface area contributed by atoms with E-state index in [1.54, 1.807) is 0 Å². The van der Waals surface area contributed by atoms with Gasteiger partial charge in [-0.15, -0.1) is 23.7 Å². The predicted molar refractivity (Wildman–Crippen MR) is 115 cm³/mol. The van der Waals surface area contributed by atoms with E-state index in [4.69, 9.17) is 0 Å². The second-order valence-corrected chi connectivity index (χ2v) is 7.68. The number of fused-ring (bicyclic) bond motifs is 1. The number of nitro benzene ring substituents is 1. The van der Waals surface area contributed by atoms with Crippen molar-refractivity contribution in [2.24, 2.45) is 0 Å². The van der Waals surface area contributed by atoms with Gasteiger partial charge in [0.15, 0.2) is 5.13 Å². The lowest BCUT2D eigenvalue weighted by Gasteiger charge is -2.25. The number of aromatic nitrogens is 1. The maximum absolute atomic E-state index is 12.4. The Hall–Kier alpha value is -2.81. The van der Waals surface area contributed by atoms with E-state index in [-0.39, 0.29) is 24.0 Å². The number of rotatable bonds is 5. The Morgan fingerprint density at radius 3 is 2.59 bits per heavy atom. The smallest absolute Gasteiger partial charge is 0.269 e. The van der Waals surface area contributed by atoms with Crippen LogP contribution in [0.1, 0.15) is 26.5 Å². The molecule has 0 spiro atoms. The maximum Gasteiger partial charge on any atom is 0.269 e. The number of non-ortho nitro benzene ring substituents is 1. The molecule has 0 radical (unpaired) electrons. The molecule has 1 amide bonds. The Morgan fingerprint density at radius 1 is 1.17 bits per heavy atom. The summed E-state index contributed by atoms with van der Waals surface area (Å²) in [5, 5.41) is 14.1. The summed E-state index contributed by atoms with van der Waals surface area (Å²) in [5.74, 6) is -0.317. The Morgan fingerprint density at radius 2 is 1.90 bits per heavy atom. The summed E-state index contributed by atoms with van der Waals surface area (Å²) in [6.07, 6.45) is 0.853. The topological polar surface area (TPSA) is 88.4 Å². The van der Waals surface area contributed by atoms with Gasteiger partial charge in [0.1, 0.15) is 0 Å². The van der Waals surface area contributed by atoms with Crippen molar-refractivity contribution in [2.75, 3.05) is 11.9 Å². The van der Waals surface area contributed by atoms with Crippen molar-refractivity contribution < 1.29 is 9.72 Å². The van der Waals surface area contributed by atoms with Gasteiger partial charge in [-0.2, -0.15) is 0 Å². The molecule has 0 atom stereocenters. The molecule has 7 nitrogen and oxygen atoms in total. The molecule has 0 saturated carbocycles. The molecule has 3 aromatic rings. The Kier molecular flexibility index (Phi) is 6.58. The van der Waals surface area contributed by atoms with Crippen LogP contribution in [0.4, 0.5) is 10.8 Å². The molecule has 0 fully saturated rings. The second-order valence-electron chi connectivity index (χ2n) is 6.59. The van der Waals surface area contributed by atoms with E-state index in [1.165, 1.54) is 46.0 Å². The summed E-state index contributed by atoms with van der Waals surface area (Å²) in [6, 6.07) is 15.9. The highest BCUT2D eigenvalue weighted by Gasteiger charge is 2.21. The standard InChI is InChI=1S/C20H18N4O3S.ClH/c25-19(15-6-8-16(9-7-15)24(26)27)22-20-21-17-10-11-23(13-18(17)28-20)12-14-4-2-1-3-5-14;/h1-9H,10-13H2,(H,21,22,25);1H. The third-order valence-corrected chi connectivity index (χ3v) is 5.62. The van der Waals surface area contributed by atoms with Gasteiger partial charge in [0, 0.05) is 48.6 Å². The van der Waals surface area contributed by atoms with Gasteiger partial charge in [0.2, 0.25) is 0 Å². The molecule has 1 aromatic heterocycles. The summed E-state index contributed by atoms with van der Waals surface area (Å²) in [7, 11) is 0. The number of carbonyl (C=O) groups is 1. The Bertz CT molecular complexity index is 1010. The van der Waals surface area contributed by atoms with Crippen LogP contribution < -0.4 is 5.32 Å². The number of anilines is 1. The van der Waals surface area contributed by atoms with E-state index < -0.39 is 4.92 Å². The van der Waals surface area contributed by atoms with Gasteiger partial charge < -0.3 is 0 Å². The number of nitrogens with one attached hydrogen (secondary N) is 1. The second kappa shape index (κ2) is 9.13. The molecule has 29 heavy (non-hydrogen) atoms. The number of nitrogens with zero attached hydrogens (tertiary/aromatic N) is 3. The fourth-order valence-corrected chi connectivity index (χ4v) is 4.23. The van der Waals surface area contributed by atoms with Gasteiger partial charge in [-0.05, 0) is 17.7 Å². The molecule has 4 rings (SSSR count). The van der Waals surface area contributed by atoms with Crippen LogP contribution in [0.2, 0.25) is 0 Å². The molecule has 1 aliphatic heterocycles. The van der Waals surface area contributed by atoms with Gasteiger partial charge in [0.05, 0.1) is 10.6 Å². The highest BCUT2D eigenvalue weighted by Crippen LogP contribution is 2.29. The summed E-state index contributed by atoms with van der Waals surface area (Å²) >= 11 is 1.49. The molecule has 150 valence electrons. The zero-order valence-corrected chi connectivity index (χ0v) is 17.0. The quantitative estimate of drug-likeness (QED) is 0.482. The molecule has 2 aromatic carbocycles. The van der Waals surface area contributed by atoms with Crippen molar-refractivity contribution in [3.63, 3.8) is 0 Å². The number of carbonyl (C=O) groups excluding carboxylic acids is 1. The first-order valence-electron chi connectivity index (χ1n) is 8.89. The fourth-order valence-electron chi connectivity index (χ4n) is 3.18. The first kappa shape index (κ1) is 20.9. The van der Waals surface area contributed by atoms with Gasteiger partial charge in [-0.1, -0.05) is 30.3 Å². The largest absolute Gasteiger partial charge is 0.298 e. The number of hydrogen-bond acceptors (Lipinski definition) is 6. The Labute approximate surface area is 178 Å². The highest BCUT2D eigenvalue weighted by molar-refractivity contribution is 7.15. The molecular weight excluding hydrogens is 412 g/mol. The molecule has 9 heteroatoms. The number of thiazole rings is 1. The van der Waals surface area contributed by atoms with Crippen LogP contribution in [0, 0.1) is 10.1 Å². The van der Waals surface area contributed by atoms with Crippen molar-refractivity contribution >= 4 is 40.5 Å². The van der Waals surface area contributed by atoms with Crippen molar-refractivity contribution in [1.82, 2.24) is 9.88 Å². The summed E-state index contributed by atoms with van der Waals surface area (Å²) < 4.78 is 0. The average Bonchev–Trinajstić information content (AvgIpc) is 3.10. The number of benzene rings is 2. The van der Waals surface area contributed by atoms with E-state index >= 15 is 0 Å². The molecule has 0 unspecified atom stereocenters. The summed E-state index contributed by atoms with van der Waals surface area (Å²) in [4.78, 5) is 30.7. The number of nitro groups is 1. The van der Waals surface area contributed by atoms with Gasteiger partial charge in [-0.3, -0.25) is 25.1 Å². The molecule has 0 bridgehead atoms. The van der Waals surface area contributed by atoms with Crippen LogP contribution in [0.25, 0.3) is 0 Å². The van der Waals surface area contributed by atoms with Gasteiger partial charge in [-0.25, -0.2) is 4.98 Å². The van der Waals surface area contributed by atoms with Crippen molar-refractivity contribution in [2.45, 2.75) is 19.5 Å². The lowest BCUT2D eigenvalue weighted by atomic mass is 10.1. The lowest BCUT2D eigenvalue weighted by Crippen LogP contribution is -2.29. The average molecular weight is 431 g/mol. The highest BCUT2D eigenvalue weighted by atomic mass is 35.5. The monoisotopic (exact) mass is 430 g/mol. The first-order valence-corrected chi connectivity index (χ1v) is 9.71. The van der Waals surface area contributed by atoms with Crippen LogP contribution in [0.5, 0.6) is 0 Å². The zero-order chi connectivity index (χ0) is 19.5. The molecule has 1 N–H and O–H groups in total. The van der Waals surface area contributed by atoms with Crippen LogP contribution >= 0.6 is 23.7 Å². The lowest BCUT2D eigenvalue weighted by molar-refractivity contribution is -0.384. The Balaban J connectivity index is 0.00000240. The van der Waals surface area contributed by atoms with Crippen LogP contribution in [-0.2, 0) is 19.5 Å². The molecule has 0 aliphatic carbocycles. The zero-order valence-electron chi connectivity index (χ0n) is 15.4. The SMILES string of the molecule is Cl.O=C(Nc1nc2c(s1)CN(Cc1ccccc1)CC2)c1ccc([N+](=O)[O-])cc1. The maximum atomic E-state index is 12.4. The van der Waals surface area contributed by atoms with E-state index in [0.717, 1.165) is 31.7 Å². The predicted octanol–water partition coefficient (Wildman–Crippen LogP) is 4.28. The van der Waals surface area contributed by atoms with E-state index in [0.29, 0.717) is 10.7 Å². The van der Waals surface area contributed by atoms with E-state index in [9.17, 15) is 14.9 Å². The van der Waals surface area contributed by atoms with Crippen molar-refractivity contribution in [1.29, 1.82) is 0 Å². The normalized spacial score (nSPS) is 13.2. The minimum atomic E-state index is -0.488. The first-order chi connectivity index (χ1) is 13.6. The minimum Gasteiger partial charge on any atom is -0.298 e. The fraction of sp³-hybridized carbons (Fsp3) is 0.200. The molecular formula is C20H19ClN4O3S. The third kappa shape index (κ3) is 4.97. The van der Waals surface area contributed by atoms with Crippen LogP contribution in [0.3, 0.4) is 0 Å². The van der Waals surface area contributed by atoms with Gasteiger partial charge >= 0.3 is 0 Å². The third-order valence-electron chi connectivity index (χ3n) is 4.62. The van der Waals surface area contributed by atoms with Gasteiger partial charge in [0.25, 0.3) is 11.6 Å². The van der Waals surface area contributed by atoms with E-state index in [2.05, 4.69) is 27.3 Å². The molecule has 2 heterocycles.